The van der Waals surface area contributed by atoms with Gasteiger partial charge in [0.25, 0.3) is 11.5 Å². The van der Waals surface area contributed by atoms with E-state index in [-0.39, 0.29) is 18.7 Å². The normalized spacial score (nSPS) is 11.7. The molecule has 21 heavy (non-hydrogen) atoms. The summed E-state index contributed by atoms with van der Waals surface area (Å²) in [4.78, 5) is 25.6. The predicted molar refractivity (Wildman–Crippen MR) is 77.3 cm³/mol. The van der Waals surface area contributed by atoms with Crippen LogP contribution in [0.2, 0.25) is 0 Å². The quantitative estimate of drug-likeness (QED) is 0.723. The van der Waals surface area contributed by atoms with Crippen LogP contribution in [0.25, 0.3) is 0 Å². The molecule has 1 aromatic heterocycles. The summed E-state index contributed by atoms with van der Waals surface area (Å²) >= 11 is 0. The Morgan fingerprint density at radius 1 is 1.24 bits per heavy atom. The maximum atomic E-state index is 11.8. The Morgan fingerprint density at radius 2 is 2.00 bits per heavy atom. The van der Waals surface area contributed by atoms with Gasteiger partial charge in [-0.2, -0.15) is 0 Å². The Hall–Kier alpha value is -2.60. The Balaban J connectivity index is 1.79. The number of aliphatic hydroxyl groups is 1. The molecule has 1 atom stereocenters. The van der Waals surface area contributed by atoms with Gasteiger partial charge in [-0.15, -0.1) is 0 Å². The van der Waals surface area contributed by atoms with E-state index in [0.29, 0.717) is 5.75 Å². The zero-order valence-electron chi connectivity index (χ0n) is 11.3. The van der Waals surface area contributed by atoms with Crippen molar-refractivity contribution in [2.75, 3.05) is 13.2 Å². The molecule has 0 radical (unpaired) electrons. The summed E-state index contributed by atoms with van der Waals surface area (Å²) in [5.74, 6) is 0.109. The molecule has 0 aliphatic carbocycles. The second kappa shape index (κ2) is 7.25. The first kappa shape index (κ1) is 14.8. The van der Waals surface area contributed by atoms with Crippen LogP contribution in [0.15, 0.2) is 53.5 Å². The van der Waals surface area contributed by atoms with Crippen molar-refractivity contribution in [3.05, 3.63) is 64.6 Å². The van der Waals surface area contributed by atoms with Crippen molar-refractivity contribution in [3.8, 4) is 5.75 Å². The third-order valence-electron chi connectivity index (χ3n) is 2.75. The van der Waals surface area contributed by atoms with Crippen molar-refractivity contribution in [1.29, 1.82) is 0 Å². The van der Waals surface area contributed by atoms with Crippen LogP contribution in [0.1, 0.15) is 10.4 Å². The smallest absolute Gasteiger partial charge is 0.260 e. The third kappa shape index (κ3) is 4.47. The van der Waals surface area contributed by atoms with Gasteiger partial charge in [-0.05, 0) is 24.3 Å². The summed E-state index contributed by atoms with van der Waals surface area (Å²) in [5, 5.41) is 12.2. The van der Waals surface area contributed by atoms with Gasteiger partial charge < -0.3 is 20.1 Å². The summed E-state index contributed by atoms with van der Waals surface area (Å²) in [6.45, 7) is 0.0510. The van der Waals surface area contributed by atoms with E-state index >= 15 is 0 Å². The maximum absolute atomic E-state index is 11.8. The summed E-state index contributed by atoms with van der Waals surface area (Å²) in [6, 6.07) is 12.0. The summed E-state index contributed by atoms with van der Waals surface area (Å²) < 4.78 is 5.36. The molecule has 110 valence electrons. The van der Waals surface area contributed by atoms with Crippen LogP contribution < -0.4 is 15.6 Å². The van der Waals surface area contributed by atoms with Crippen molar-refractivity contribution >= 4 is 5.91 Å². The lowest BCUT2D eigenvalue weighted by atomic mass is 10.2. The van der Waals surface area contributed by atoms with Crippen molar-refractivity contribution in [2.24, 2.45) is 0 Å². The number of H-pyrrole nitrogens is 1. The molecule has 0 spiro atoms. The SMILES string of the molecule is O=C(NC[C@H](O)COc1ccccc1)c1ccc[nH]c1=O. The minimum absolute atomic E-state index is 0.00000118. The van der Waals surface area contributed by atoms with E-state index in [1.807, 2.05) is 18.2 Å². The number of rotatable bonds is 6. The van der Waals surface area contributed by atoms with Crippen molar-refractivity contribution < 1.29 is 14.6 Å². The molecule has 6 nitrogen and oxygen atoms in total. The number of para-hydroxylation sites is 1. The molecule has 2 rings (SSSR count). The fourth-order valence-electron chi connectivity index (χ4n) is 1.67. The average Bonchev–Trinajstić information content (AvgIpc) is 2.52. The molecule has 0 saturated carbocycles. The van der Waals surface area contributed by atoms with Crippen LogP contribution in [-0.4, -0.2) is 35.3 Å². The van der Waals surface area contributed by atoms with Crippen LogP contribution in [-0.2, 0) is 0 Å². The van der Waals surface area contributed by atoms with Crippen molar-refractivity contribution in [2.45, 2.75) is 6.10 Å². The second-order valence-corrected chi connectivity index (χ2v) is 4.40. The molecular formula is C15H16N2O4. The number of amides is 1. The Kier molecular flexibility index (Phi) is 5.11. The van der Waals surface area contributed by atoms with E-state index in [0.717, 1.165) is 0 Å². The lowest BCUT2D eigenvalue weighted by Crippen LogP contribution is -2.37. The van der Waals surface area contributed by atoms with Gasteiger partial charge in [-0.3, -0.25) is 9.59 Å². The van der Waals surface area contributed by atoms with E-state index in [4.69, 9.17) is 4.74 Å². The molecule has 0 unspecified atom stereocenters. The number of carbonyl (C=O) groups is 1. The highest BCUT2D eigenvalue weighted by Gasteiger charge is 2.12. The summed E-state index contributed by atoms with van der Waals surface area (Å²) in [6.07, 6.45) is 0.582. The zero-order valence-corrected chi connectivity index (χ0v) is 11.3. The van der Waals surface area contributed by atoms with E-state index in [1.165, 1.54) is 12.3 Å². The lowest BCUT2D eigenvalue weighted by molar-refractivity contribution is 0.0842. The number of pyridine rings is 1. The first-order valence-corrected chi connectivity index (χ1v) is 6.48. The number of ether oxygens (including phenoxy) is 1. The molecule has 0 aliphatic rings. The van der Waals surface area contributed by atoms with Gasteiger partial charge in [0.15, 0.2) is 0 Å². The number of hydrogen-bond acceptors (Lipinski definition) is 4. The summed E-state index contributed by atoms with van der Waals surface area (Å²) in [5.41, 5.74) is -0.460. The monoisotopic (exact) mass is 288 g/mol. The minimum Gasteiger partial charge on any atom is -0.491 e. The average molecular weight is 288 g/mol. The molecule has 0 aliphatic heterocycles. The van der Waals surface area contributed by atoms with Crippen LogP contribution in [0.4, 0.5) is 0 Å². The van der Waals surface area contributed by atoms with E-state index in [2.05, 4.69) is 10.3 Å². The van der Waals surface area contributed by atoms with Crippen molar-refractivity contribution in [1.82, 2.24) is 10.3 Å². The van der Waals surface area contributed by atoms with Crippen LogP contribution in [0.3, 0.4) is 0 Å². The molecule has 0 saturated heterocycles. The molecule has 3 N–H and O–H groups in total. The van der Waals surface area contributed by atoms with E-state index < -0.39 is 17.6 Å². The van der Waals surface area contributed by atoms with Gasteiger partial charge in [0.1, 0.15) is 24.0 Å². The van der Waals surface area contributed by atoms with Crippen molar-refractivity contribution in [3.63, 3.8) is 0 Å². The molecule has 1 amide bonds. The highest BCUT2D eigenvalue weighted by Crippen LogP contribution is 2.08. The van der Waals surface area contributed by atoms with Gasteiger partial charge in [-0.1, -0.05) is 18.2 Å². The Bertz CT molecular complexity index is 639. The van der Waals surface area contributed by atoms with E-state index in [1.54, 1.807) is 18.2 Å². The van der Waals surface area contributed by atoms with Gasteiger partial charge in [0.05, 0.1) is 0 Å². The summed E-state index contributed by atoms with van der Waals surface area (Å²) in [7, 11) is 0. The fourth-order valence-corrected chi connectivity index (χ4v) is 1.67. The molecule has 1 aromatic carbocycles. The molecule has 1 heterocycles. The predicted octanol–water partition coefficient (Wildman–Crippen LogP) is 0.545. The first-order chi connectivity index (χ1) is 10.2. The molecule has 2 aromatic rings. The Labute approximate surface area is 121 Å². The number of aromatic amines is 1. The van der Waals surface area contributed by atoms with Crippen LogP contribution >= 0.6 is 0 Å². The minimum atomic E-state index is -0.864. The third-order valence-corrected chi connectivity index (χ3v) is 2.75. The van der Waals surface area contributed by atoms with Gasteiger partial charge in [-0.25, -0.2) is 0 Å². The highest BCUT2D eigenvalue weighted by atomic mass is 16.5. The van der Waals surface area contributed by atoms with Gasteiger partial charge in [0.2, 0.25) is 0 Å². The molecule has 0 bridgehead atoms. The van der Waals surface area contributed by atoms with Gasteiger partial charge in [0, 0.05) is 12.7 Å². The van der Waals surface area contributed by atoms with E-state index in [9.17, 15) is 14.7 Å². The number of aliphatic hydroxyl groups excluding tert-OH is 1. The highest BCUT2D eigenvalue weighted by molar-refractivity contribution is 5.93. The fraction of sp³-hybridized carbons (Fsp3) is 0.200. The first-order valence-electron chi connectivity index (χ1n) is 6.48. The largest absolute Gasteiger partial charge is 0.491 e. The molecule has 0 fully saturated rings. The standard InChI is InChI=1S/C15H16N2O4/c18-11(10-21-12-5-2-1-3-6-12)9-17-15(20)13-7-4-8-16-14(13)19/h1-8,11,18H,9-10H2,(H,16,19)(H,17,20)/t11-/m0/s1. The number of carbonyl (C=O) groups excluding carboxylic acids is 1. The van der Waals surface area contributed by atoms with Gasteiger partial charge >= 0.3 is 0 Å². The molecular weight excluding hydrogens is 272 g/mol. The number of benzene rings is 1. The zero-order chi connectivity index (χ0) is 15.1. The Morgan fingerprint density at radius 3 is 2.71 bits per heavy atom. The maximum Gasteiger partial charge on any atom is 0.260 e. The topological polar surface area (TPSA) is 91.4 Å². The van der Waals surface area contributed by atoms with Crippen LogP contribution in [0, 0.1) is 0 Å². The number of aromatic nitrogens is 1. The lowest BCUT2D eigenvalue weighted by Gasteiger charge is -2.13. The number of nitrogens with one attached hydrogen (secondary N) is 2. The molecule has 6 heteroatoms. The van der Waals surface area contributed by atoms with Crippen LogP contribution in [0.5, 0.6) is 5.75 Å². The number of hydrogen-bond donors (Lipinski definition) is 3. The second-order valence-electron chi connectivity index (χ2n) is 4.40.